The van der Waals surface area contributed by atoms with Crippen molar-refractivity contribution in [1.29, 1.82) is 0 Å². The van der Waals surface area contributed by atoms with Crippen LogP contribution in [0.1, 0.15) is 16.5 Å². The van der Waals surface area contributed by atoms with Crippen molar-refractivity contribution in [1.82, 2.24) is 0 Å². The van der Waals surface area contributed by atoms with Crippen LogP contribution in [0, 0.1) is 0 Å². The van der Waals surface area contributed by atoms with Crippen molar-refractivity contribution < 1.29 is 5.11 Å². The number of halogens is 2. The van der Waals surface area contributed by atoms with E-state index in [0.717, 1.165) is 4.88 Å². The van der Waals surface area contributed by atoms with Crippen molar-refractivity contribution in [2.24, 2.45) is 0 Å². The Labute approximate surface area is 102 Å². The van der Waals surface area contributed by atoms with Gasteiger partial charge < -0.3 is 5.11 Å². The zero-order valence-electron chi connectivity index (χ0n) is 7.65. The Kier molecular flexibility index (Phi) is 3.32. The first-order chi connectivity index (χ1) is 7.18. The maximum Gasteiger partial charge on any atom is 0.115 e. The van der Waals surface area contributed by atoms with Gasteiger partial charge in [-0.05, 0) is 23.6 Å². The lowest BCUT2D eigenvalue weighted by Gasteiger charge is -2.10. The van der Waals surface area contributed by atoms with Crippen LogP contribution < -0.4 is 0 Å². The van der Waals surface area contributed by atoms with E-state index >= 15 is 0 Å². The fourth-order valence-corrected chi connectivity index (χ4v) is 2.56. The van der Waals surface area contributed by atoms with Gasteiger partial charge in [0.2, 0.25) is 0 Å². The molecule has 1 N–H and O–H groups in total. The van der Waals surface area contributed by atoms with Crippen LogP contribution in [0.3, 0.4) is 0 Å². The van der Waals surface area contributed by atoms with Gasteiger partial charge in [-0.25, -0.2) is 0 Å². The molecule has 4 heteroatoms. The third kappa shape index (κ3) is 2.34. The number of aliphatic hydroxyl groups is 1. The minimum absolute atomic E-state index is 0.489. The predicted molar refractivity (Wildman–Crippen MR) is 64.8 cm³/mol. The first kappa shape index (κ1) is 11.0. The lowest BCUT2D eigenvalue weighted by atomic mass is 10.1. The number of hydrogen-bond donors (Lipinski definition) is 1. The van der Waals surface area contributed by atoms with Gasteiger partial charge in [-0.3, -0.25) is 0 Å². The summed E-state index contributed by atoms with van der Waals surface area (Å²) in [5.41, 5.74) is 0.684. The summed E-state index contributed by atoms with van der Waals surface area (Å²) in [5, 5.41) is 13.0. The van der Waals surface area contributed by atoms with Crippen LogP contribution in [0.2, 0.25) is 10.0 Å². The third-order valence-electron chi connectivity index (χ3n) is 2.07. The zero-order chi connectivity index (χ0) is 10.8. The van der Waals surface area contributed by atoms with E-state index in [-0.39, 0.29) is 0 Å². The molecule has 1 heterocycles. The van der Waals surface area contributed by atoms with Crippen LogP contribution in [0.4, 0.5) is 0 Å². The minimum Gasteiger partial charge on any atom is -0.383 e. The fraction of sp³-hybridized carbons (Fsp3) is 0.0909. The molecule has 0 radical (unpaired) electrons. The summed E-state index contributed by atoms with van der Waals surface area (Å²) in [6, 6.07) is 8.87. The molecule has 0 aliphatic rings. The Morgan fingerprint density at radius 2 is 2.00 bits per heavy atom. The van der Waals surface area contributed by atoms with E-state index in [1.54, 1.807) is 18.2 Å². The average molecular weight is 259 g/mol. The summed E-state index contributed by atoms with van der Waals surface area (Å²) in [6.07, 6.45) is -0.672. The molecule has 0 saturated heterocycles. The largest absolute Gasteiger partial charge is 0.383 e. The highest BCUT2D eigenvalue weighted by atomic mass is 35.5. The molecule has 2 rings (SSSR count). The zero-order valence-corrected chi connectivity index (χ0v) is 9.98. The van der Waals surface area contributed by atoms with E-state index in [2.05, 4.69) is 0 Å². The maximum atomic E-state index is 10.0. The fourth-order valence-electron chi connectivity index (χ4n) is 1.32. The van der Waals surface area contributed by atoms with Crippen molar-refractivity contribution in [3.63, 3.8) is 0 Å². The molecule has 15 heavy (non-hydrogen) atoms. The van der Waals surface area contributed by atoms with E-state index in [4.69, 9.17) is 23.2 Å². The molecule has 0 spiro atoms. The summed E-state index contributed by atoms with van der Waals surface area (Å²) < 4.78 is 0. The highest BCUT2D eigenvalue weighted by Crippen LogP contribution is 2.32. The lowest BCUT2D eigenvalue weighted by Crippen LogP contribution is -1.97. The number of thiophene rings is 1. The van der Waals surface area contributed by atoms with E-state index in [0.29, 0.717) is 15.6 Å². The van der Waals surface area contributed by atoms with Gasteiger partial charge in [0.05, 0.1) is 0 Å². The molecule has 0 amide bonds. The highest BCUT2D eigenvalue weighted by molar-refractivity contribution is 7.10. The predicted octanol–water partition coefficient (Wildman–Crippen LogP) is 4.14. The van der Waals surface area contributed by atoms with Crippen LogP contribution >= 0.6 is 34.5 Å². The monoisotopic (exact) mass is 258 g/mol. The molecule has 0 aliphatic heterocycles. The summed E-state index contributed by atoms with van der Waals surface area (Å²) >= 11 is 13.3. The standard InChI is InChI=1S/C11H8Cl2OS/c12-7-3-4-8(9(13)6-7)11(14)10-2-1-5-15-10/h1-6,11,14H. The maximum absolute atomic E-state index is 10.0. The molecule has 1 nitrogen and oxygen atoms in total. The Morgan fingerprint density at radius 3 is 2.60 bits per heavy atom. The number of hydrogen-bond acceptors (Lipinski definition) is 2. The van der Waals surface area contributed by atoms with Gasteiger partial charge in [-0.1, -0.05) is 35.3 Å². The molecular weight excluding hydrogens is 251 g/mol. The molecule has 0 bridgehead atoms. The molecule has 78 valence electrons. The van der Waals surface area contributed by atoms with Gasteiger partial charge in [-0.2, -0.15) is 0 Å². The molecule has 0 saturated carbocycles. The second-order valence-corrected chi connectivity index (χ2v) is 4.91. The van der Waals surface area contributed by atoms with Crippen molar-refractivity contribution in [2.75, 3.05) is 0 Å². The van der Waals surface area contributed by atoms with E-state index in [1.807, 2.05) is 17.5 Å². The minimum atomic E-state index is -0.672. The van der Waals surface area contributed by atoms with Crippen LogP contribution in [0.5, 0.6) is 0 Å². The second-order valence-electron chi connectivity index (χ2n) is 3.08. The van der Waals surface area contributed by atoms with E-state index in [9.17, 15) is 5.11 Å². The van der Waals surface area contributed by atoms with Gasteiger partial charge in [0.1, 0.15) is 6.10 Å². The van der Waals surface area contributed by atoms with Gasteiger partial charge >= 0.3 is 0 Å². The summed E-state index contributed by atoms with van der Waals surface area (Å²) in [5.74, 6) is 0. The van der Waals surface area contributed by atoms with E-state index < -0.39 is 6.10 Å². The van der Waals surface area contributed by atoms with Gasteiger partial charge in [-0.15, -0.1) is 11.3 Å². The Morgan fingerprint density at radius 1 is 1.20 bits per heavy atom. The molecule has 0 fully saturated rings. The smallest absolute Gasteiger partial charge is 0.115 e. The average Bonchev–Trinajstić information content (AvgIpc) is 2.69. The summed E-state index contributed by atoms with van der Waals surface area (Å²) in [7, 11) is 0. The first-order valence-electron chi connectivity index (χ1n) is 4.35. The van der Waals surface area contributed by atoms with Gasteiger partial charge in [0.15, 0.2) is 0 Å². The third-order valence-corrected chi connectivity index (χ3v) is 3.56. The number of rotatable bonds is 2. The van der Waals surface area contributed by atoms with Crippen LogP contribution in [-0.2, 0) is 0 Å². The first-order valence-corrected chi connectivity index (χ1v) is 5.98. The summed E-state index contributed by atoms with van der Waals surface area (Å²) in [6.45, 7) is 0. The summed E-state index contributed by atoms with van der Waals surface area (Å²) in [4.78, 5) is 0.874. The molecule has 1 aromatic carbocycles. The Bertz CT molecular complexity index is 454. The number of aliphatic hydroxyl groups excluding tert-OH is 1. The molecular formula is C11H8Cl2OS. The molecule has 1 aromatic heterocycles. The quantitative estimate of drug-likeness (QED) is 0.859. The molecule has 1 unspecified atom stereocenters. The van der Waals surface area contributed by atoms with Crippen LogP contribution in [0.25, 0.3) is 0 Å². The highest BCUT2D eigenvalue weighted by Gasteiger charge is 2.14. The van der Waals surface area contributed by atoms with E-state index in [1.165, 1.54) is 11.3 Å². The Balaban J connectivity index is 2.38. The van der Waals surface area contributed by atoms with Crippen molar-refractivity contribution in [3.05, 3.63) is 56.2 Å². The molecule has 2 aromatic rings. The van der Waals surface area contributed by atoms with Crippen LogP contribution in [-0.4, -0.2) is 5.11 Å². The Hall–Kier alpha value is -0.540. The topological polar surface area (TPSA) is 20.2 Å². The number of benzene rings is 1. The lowest BCUT2D eigenvalue weighted by molar-refractivity contribution is 0.224. The molecule has 0 aliphatic carbocycles. The van der Waals surface area contributed by atoms with Crippen molar-refractivity contribution in [2.45, 2.75) is 6.10 Å². The molecule has 1 atom stereocenters. The van der Waals surface area contributed by atoms with Gasteiger partial charge in [0.25, 0.3) is 0 Å². The SMILES string of the molecule is OC(c1cccs1)c1ccc(Cl)cc1Cl. The van der Waals surface area contributed by atoms with Crippen molar-refractivity contribution in [3.8, 4) is 0 Å². The van der Waals surface area contributed by atoms with Crippen molar-refractivity contribution >= 4 is 34.5 Å². The van der Waals surface area contributed by atoms with Crippen LogP contribution in [0.15, 0.2) is 35.7 Å². The van der Waals surface area contributed by atoms with Gasteiger partial charge in [0, 0.05) is 20.5 Å². The second kappa shape index (κ2) is 4.54. The normalized spacial score (nSPS) is 12.7.